The van der Waals surface area contributed by atoms with Gasteiger partial charge in [0, 0.05) is 13.1 Å². The number of benzene rings is 2. The van der Waals surface area contributed by atoms with Gasteiger partial charge in [-0.2, -0.15) is 0 Å². The molecule has 0 fully saturated rings. The van der Waals surface area contributed by atoms with Gasteiger partial charge >= 0.3 is 6.09 Å². The molecule has 0 aliphatic rings. The lowest BCUT2D eigenvalue weighted by molar-refractivity contribution is -0.384. The van der Waals surface area contributed by atoms with Gasteiger partial charge in [-0.15, -0.1) is 0 Å². The van der Waals surface area contributed by atoms with Gasteiger partial charge in [0.05, 0.1) is 16.2 Å². The zero-order valence-corrected chi connectivity index (χ0v) is 11.0. The van der Waals surface area contributed by atoms with Crippen molar-refractivity contribution in [3.63, 3.8) is 0 Å². The lowest BCUT2D eigenvalue weighted by Crippen LogP contribution is -2.23. The molecule has 0 unspecified atom stereocenters. The molecule has 2 aromatic rings. The van der Waals surface area contributed by atoms with Gasteiger partial charge in [0.1, 0.15) is 5.82 Å². The molecule has 7 heteroatoms. The summed E-state index contributed by atoms with van der Waals surface area (Å²) in [4.78, 5) is 22.3. The average molecular weight is 290 g/mol. The summed E-state index contributed by atoms with van der Waals surface area (Å²) in [5.41, 5.74) is 0.453. The number of nitro benzene ring substituents is 1. The molecular formula is C14H11FN2O4. The van der Waals surface area contributed by atoms with Crippen molar-refractivity contribution in [2.75, 3.05) is 11.9 Å². The SMILES string of the molecule is CN(C(=O)O)c1ccc(-c2cccc(F)c2)c([N+](=O)[O-])c1. The van der Waals surface area contributed by atoms with Crippen LogP contribution in [0.15, 0.2) is 42.5 Å². The molecule has 0 saturated carbocycles. The molecule has 6 nitrogen and oxygen atoms in total. The Labute approximate surface area is 119 Å². The summed E-state index contributed by atoms with van der Waals surface area (Å²) in [5.74, 6) is -0.506. The van der Waals surface area contributed by atoms with E-state index in [1.807, 2.05) is 0 Å². The Balaban J connectivity index is 2.57. The number of nitrogens with zero attached hydrogens (tertiary/aromatic N) is 2. The van der Waals surface area contributed by atoms with Crippen molar-refractivity contribution in [2.45, 2.75) is 0 Å². The van der Waals surface area contributed by atoms with Crippen molar-refractivity contribution in [1.82, 2.24) is 0 Å². The highest BCUT2D eigenvalue weighted by molar-refractivity contribution is 5.87. The van der Waals surface area contributed by atoms with Crippen LogP contribution in [0.1, 0.15) is 0 Å². The van der Waals surface area contributed by atoms with E-state index in [4.69, 9.17) is 5.11 Å². The second kappa shape index (κ2) is 5.58. The Kier molecular flexibility index (Phi) is 3.84. The van der Waals surface area contributed by atoms with Gasteiger partial charge in [-0.3, -0.25) is 15.0 Å². The molecule has 0 aromatic heterocycles. The molecule has 0 bridgehead atoms. The third-order valence-electron chi connectivity index (χ3n) is 2.99. The number of rotatable bonds is 3. The van der Waals surface area contributed by atoms with E-state index < -0.39 is 16.8 Å². The van der Waals surface area contributed by atoms with E-state index in [2.05, 4.69) is 0 Å². The van der Waals surface area contributed by atoms with Gasteiger partial charge in [0.25, 0.3) is 5.69 Å². The predicted octanol–water partition coefficient (Wildman–Crippen LogP) is 3.52. The molecule has 1 amide bonds. The van der Waals surface area contributed by atoms with E-state index in [0.717, 1.165) is 11.0 Å². The van der Waals surface area contributed by atoms with Crippen LogP contribution in [-0.4, -0.2) is 23.2 Å². The molecule has 2 aromatic carbocycles. The van der Waals surface area contributed by atoms with Crippen LogP contribution in [0.2, 0.25) is 0 Å². The molecule has 108 valence electrons. The second-order valence-electron chi connectivity index (χ2n) is 4.31. The van der Waals surface area contributed by atoms with Crippen LogP contribution in [0.3, 0.4) is 0 Å². The molecule has 0 aliphatic carbocycles. The predicted molar refractivity (Wildman–Crippen MR) is 74.9 cm³/mol. The smallest absolute Gasteiger partial charge is 0.411 e. The van der Waals surface area contributed by atoms with E-state index in [1.165, 1.54) is 37.4 Å². The van der Waals surface area contributed by atoms with Crippen LogP contribution in [0, 0.1) is 15.9 Å². The van der Waals surface area contributed by atoms with Crippen LogP contribution >= 0.6 is 0 Å². The quantitative estimate of drug-likeness (QED) is 0.692. The topological polar surface area (TPSA) is 83.7 Å². The molecule has 1 N–H and O–H groups in total. The fourth-order valence-electron chi connectivity index (χ4n) is 1.89. The summed E-state index contributed by atoms with van der Waals surface area (Å²) < 4.78 is 13.2. The van der Waals surface area contributed by atoms with Crippen molar-refractivity contribution in [3.8, 4) is 11.1 Å². The fraction of sp³-hybridized carbons (Fsp3) is 0.0714. The maximum atomic E-state index is 13.2. The summed E-state index contributed by atoms with van der Waals surface area (Å²) >= 11 is 0. The first kappa shape index (κ1) is 14.4. The van der Waals surface area contributed by atoms with Crippen LogP contribution in [0.25, 0.3) is 11.1 Å². The van der Waals surface area contributed by atoms with E-state index in [9.17, 15) is 19.3 Å². The summed E-state index contributed by atoms with van der Waals surface area (Å²) in [5, 5.41) is 20.1. The van der Waals surface area contributed by atoms with Gasteiger partial charge < -0.3 is 5.11 Å². The minimum absolute atomic E-state index is 0.161. The maximum absolute atomic E-state index is 13.2. The maximum Gasteiger partial charge on any atom is 0.411 e. The van der Waals surface area contributed by atoms with Crippen molar-refractivity contribution in [1.29, 1.82) is 0 Å². The molecular weight excluding hydrogens is 279 g/mol. The van der Waals surface area contributed by atoms with E-state index in [1.54, 1.807) is 6.07 Å². The van der Waals surface area contributed by atoms with E-state index >= 15 is 0 Å². The first-order valence-electron chi connectivity index (χ1n) is 5.91. The summed E-state index contributed by atoms with van der Waals surface area (Å²) in [6.07, 6.45) is -1.23. The van der Waals surface area contributed by atoms with E-state index in [-0.39, 0.29) is 16.9 Å². The van der Waals surface area contributed by atoms with Crippen molar-refractivity contribution >= 4 is 17.5 Å². The summed E-state index contributed by atoms with van der Waals surface area (Å²) in [6.45, 7) is 0. The van der Waals surface area contributed by atoms with Crippen LogP contribution in [-0.2, 0) is 0 Å². The molecule has 0 spiro atoms. The minimum atomic E-state index is -1.23. The van der Waals surface area contributed by atoms with Crippen molar-refractivity contribution in [2.24, 2.45) is 0 Å². The standard InChI is InChI=1S/C14H11FN2O4/c1-16(14(18)19)11-5-6-12(13(8-11)17(20)21)9-3-2-4-10(15)7-9/h2-8H,1H3,(H,18,19). The Morgan fingerprint density at radius 2 is 2.00 bits per heavy atom. The highest BCUT2D eigenvalue weighted by atomic mass is 19.1. The monoisotopic (exact) mass is 290 g/mol. The zero-order chi connectivity index (χ0) is 15.6. The molecule has 21 heavy (non-hydrogen) atoms. The lowest BCUT2D eigenvalue weighted by Gasteiger charge is -2.13. The first-order valence-corrected chi connectivity index (χ1v) is 5.91. The number of carbonyl (C=O) groups is 1. The number of nitro groups is 1. The van der Waals surface area contributed by atoms with Crippen LogP contribution in [0.5, 0.6) is 0 Å². The number of carboxylic acid groups (broad SMARTS) is 1. The summed E-state index contributed by atoms with van der Waals surface area (Å²) in [6, 6.07) is 9.40. The normalized spacial score (nSPS) is 10.2. The van der Waals surface area contributed by atoms with Crippen LogP contribution < -0.4 is 4.90 Å². The largest absolute Gasteiger partial charge is 0.465 e. The molecule has 0 radical (unpaired) electrons. The van der Waals surface area contributed by atoms with E-state index in [0.29, 0.717) is 5.56 Å². The van der Waals surface area contributed by atoms with Gasteiger partial charge in [0.2, 0.25) is 0 Å². The third-order valence-corrected chi connectivity index (χ3v) is 2.99. The Morgan fingerprint density at radius 3 is 2.57 bits per heavy atom. The fourth-order valence-corrected chi connectivity index (χ4v) is 1.89. The highest BCUT2D eigenvalue weighted by Crippen LogP contribution is 2.33. The summed E-state index contributed by atoms with van der Waals surface area (Å²) in [7, 11) is 1.28. The molecule has 0 aliphatic heterocycles. The molecule has 0 heterocycles. The van der Waals surface area contributed by atoms with Gasteiger partial charge in [-0.05, 0) is 29.8 Å². The van der Waals surface area contributed by atoms with Gasteiger partial charge in [-0.25, -0.2) is 9.18 Å². The Morgan fingerprint density at radius 1 is 1.29 bits per heavy atom. The molecule has 2 rings (SSSR count). The lowest BCUT2D eigenvalue weighted by atomic mass is 10.0. The third kappa shape index (κ3) is 2.97. The number of hydrogen-bond acceptors (Lipinski definition) is 3. The zero-order valence-electron chi connectivity index (χ0n) is 11.0. The van der Waals surface area contributed by atoms with Crippen molar-refractivity contribution in [3.05, 3.63) is 58.4 Å². The Bertz CT molecular complexity index is 718. The first-order chi connectivity index (χ1) is 9.90. The van der Waals surface area contributed by atoms with Gasteiger partial charge in [0.15, 0.2) is 0 Å². The second-order valence-corrected chi connectivity index (χ2v) is 4.31. The van der Waals surface area contributed by atoms with Crippen molar-refractivity contribution < 1.29 is 19.2 Å². The number of anilines is 1. The highest BCUT2D eigenvalue weighted by Gasteiger charge is 2.19. The van der Waals surface area contributed by atoms with Crippen LogP contribution in [0.4, 0.5) is 20.6 Å². The minimum Gasteiger partial charge on any atom is -0.465 e. The number of amides is 1. The molecule has 0 atom stereocenters. The Hall–Kier alpha value is -2.96. The number of halogens is 1. The average Bonchev–Trinajstić information content (AvgIpc) is 2.45. The van der Waals surface area contributed by atoms with Gasteiger partial charge in [-0.1, -0.05) is 12.1 Å². The number of hydrogen-bond donors (Lipinski definition) is 1. The molecule has 0 saturated heterocycles.